The van der Waals surface area contributed by atoms with E-state index in [0.717, 1.165) is 15.6 Å². The van der Waals surface area contributed by atoms with Gasteiger partial charge in [-0.3, -0.25) is 4.79 Å². The minimum Gasteiger partial charge on any atom is -0.294 e. The molecular formula is C15H12ClIO. The average molecular weight is 371 g/mol. The molecule has 2 rings (SSSR count). The van der Waals surface area contributed by atoms with Gasteiger partial charge in [0.1, 0.15) is 0 Å². The van der Waals surface area contributed by atoms with Crippen LogP contribution in [0.15, 0.2) is 48.5 Å². The first-order valence-electron chi connectivity index (χ1n) is 5.69. The molecule has 0 aromatic heterocycles. The van der Waals surface area contributed by atoms with Crippen LogP contribution in [-0.2, 0) is 6.42 Å². The van der Waals surface area contributed by atoms with Gasteiger partial charge in [0.2, 0.25) is 0 Å². The second-order valence-corrected chi connectivity index (χ2v) is 5.63. The number of halogens is 2. The summed E-state index contributed by atoms with van der Waals surface area (Å²) in [5.41, 5.74) is 1.90. The van der Waals surface area contributed by atoms with Gasteiger partial charge in [0.05, 0.1) is 0 Å². The van der Waals surface area contributed by atoms with E-state index in [9.17, 15) is 4.79 Å². The number of ketones is 1. The molecule has 0 atom stereocenters. The van der Waals surface area contributed by atoms with Gasteiger partial charge in [0, 0.05) is 20.6 Å². The van der Waals surface area contributed by atoms with Crippen molar-refractivity contribution < 1.29 is 4.79 Å². The summed E-state index contributed by atoms with van der Waals surface area (Å²) in [6, 6.07) is 15.5. The molecule has 3 heteroatoms. The Labute approximate surface area is 125 Å². The van der Waals surface area contributed by atoms with Gasteiger partial charge < -0.3 is 0 Å². The Bertz CT molecular complexity index is 552. The van der Waals surface area contributed by atoms with Crippen molar-refractivity contribution in [2.45, 2.75) is 12.8 Å². The molecule has 0 heterocycles. The summed E-state index contributed by atoms with van der Waals surface area (Å²) >= 11 is 8.09. The van der Waals surface area contributed by atoms with Gasteiger partial charge in [-0.1, -0.05) is 41.9 Å². The number of Topliss-reactive ketones (excluding diaryl/α,β-unsaturated/α-hetero) is 1. The number of hydrogen-bond donors (Lipinski definition) is 0. The van der Waals surface area contributed by atoms with Crippen molar-refractivity contribution in [1.82, 2.24) is 0 Å². The number of benzene rings is 2. The van der Waals surface area contributed by atoms with E-state index in [-0.39, 0.29) is 5.78 Å². The fraction of sp³-hybridized carbons (Fsp3) is 0.133. The Kier molecular flexibility index (Phi) is 4.78. The fourth-order valence-electron chi connectivity index (χ4n) is 1.75. The van der Waals surface area contributed by atoms with Crippen LogP contribution >= 0.6 is 34.2 Å². The standard InChI is InChI=1S/C15H12ClIO/c16-12-7-8-14(17)13(10-12)15(18)9-6-11-4-2-1-3-5-11/h1-5,7-8,10H,6,9H2. The van der Waals surface area contributed by atoms with Gasteiger partial charge in [0.15, 0.2) is 5.78 Å². The Morgan fingerprint density at radius 2 is 1.83 bits per heavy atom. The molecule has 0 aliphatic rings. The minimum atomic E-state index is 0.144. The summed E-state index contributed by atoms with van der Waals surface area (Å²) in [5.74, 6) is 0.144. The highest BCUT2D eigenvalue weighted by molar-refractivity contribution is 14.1. The molecule has 18 heavy (non-hydrogen) atoms. The molecule has 92 valence electrons. The lowest BCUT2D eigenvalue weighted by Crippen LogP contribution is -2.03. The van der Waals surface area contributed by atoms with Crippen LogP contribution in [0.4, 0.5) is 0 Å². The highest BCUT2D eigenvalue weighted by Crippen LogP contribution is 2.20. The third-order valence-corrected chi connectivity index (χ3v) is 3.89. The molecule has 2 aromatic carbocycles. The van der Waals surface area contributed by atoms with Crippen LogP contribution in [0.3, 0.4) is 0 Å². The summed E-state index contributed by atoms with van der Waals surface area (Å²) in [6.45, 7) is 0. The summed E-state index contributed by atoms with van der Waals surface area (Å²) in [6.07, 6.45) is 1.28. The van der Waals surface area contributed by atoms with Crippen LogP contribution in [0.1, 0.15) is 22.3 Å². The molecule has 0 unspecified atom stereocenters. The van der Waals surface area contributed by atoms with Gasteiger partial charge in [0.25, 0.3) is 0 Å². The highest BCUT2D eigenvalue weighted by atomic mass is 127. The largest absolute Gasteiger partial charge is 0.294 e. The smallest absolute Gasteiger partial charge is 0.164 e. The maximum atomic E-state index is 12.1. The van der Waals surface area contributed by atoms with Crippen molar-refractivity contribution in [3.63, 3.8) is 0 Å². The Hall–Kier alpha value is -0.870. The second kappa shape index (κ2) is 6.34. The maximum Gasteiger partial charge on any atom is 0.164 e. The molecule has 0 bridgehead atoms. The topological polar surface area (TPSA) is 17.1 Å². The summed E-state index contributed by atoms with van der Waals surface area (Å²) in [7, 11) is 0. The molecule has 0 saturated heterocycles. The third-order valence-electron chi connectivity index (χ3n) is 2.71. The van der Waals surface area contributed by atoms with Gasteiger partial charge >= 0.3 is 0 Å². The van der Waals surface area contributed by atoms with Gasteiger partial charge in [-0.2, -0.15) is 0 Å². The minimum absolute atomic E-state index is 0.144. The van der Waals surface area contributed by atoms with Crippen LogP contribution in [0.5, 0.6) is 0 Å². The van der Waals surface area contributed by atoms with Crippen molar-refractivity contribution in [2.24, 2.45) is 0 Å². The molecule has 2 aromatic rings. The van der Waals surface area contributed by atoms with E-state index in [4.69, 9.17) is 11.6 Å². The van der Waals surface area contributed by atoms with Crippen molar-refractivity contribution in [2.75, 3.05) is 0 Å². The number of aryl methyl sites for hydroxylation is 1. The highest BCUT2D eigenvalue weighted by Gasteiger charge is 2.10. The van der Waals surface area contributed by atoms with E-state index in [1.807, 2.05) is 36.4 Å². The number of hydrogen-bond acceptors (Lipinski definition) is 1. The van der Waals surface area contributed by atoms with Crippen LogP contribution < -0.4 is 0 Å². The maximum absolute atomic E-state index is 12.1. The molecule has 0 radical (unpaired) electrons. The lowest BCUT2D eigenvalue weighted by atomic mass is 10.0. The van der Waals surface area contributed by atoms with Crippen molar-refractivity contribution >= 4 is 40.0 Å². The first-order chi connectivity index (χ1) is 8.66. The summed E-state index contributed by atoms with van der Waals surface area (Å²) in [4.78, 5) is 12.1. The Balaban J connectivity index is 2.06. The molecule has 0 spiro atoms. The molecule has 1 nitrogen and oxygen atoms in total. The van der Waals surface area contributed by atoms with Crippen LogP contribution in [0.2, 0.25) is 5.02 Å². The first kappa shape index (κ1) is 13.6. The molecular weight excluding hydrogens is 359 g/mol. The Morgan fingerprint density at radius 1 is 1.11 bits per heavy atom. The monoisotopic (exact) mass is 370 g/mol. The number of carbonyl (C=O) groups excluding carboxylic acids is 1. The average Bonchev–Trinajstić information content (AvgIpc) is 2.40. The Morgan fingerprint density at radius 3 is 2.56 bits per heavy atom. The van der Waals surface area contributed by atoms with E-state index in [1.54, 1.807) is 12.1 Å². The molecule has 0 N–H and O–H groups in total. The fourth-order valence-corrected chi connectivity index (χ4v) is 2.56. The van der Waals surface area contributed by atoms with Crippen LogP contribution in [0.25, 0.3) is 0 Å². The first-order valence-corrected chi connectivity index (χ1v) is 7.14. The zero-order chi connectivity index (χ0) is 13.0. The van der Waals surface area contributed by atoms with E-state index >= 15 is 0 Å². The van der Waals surface area contributed by atoms with Gasteiger partial charge in [-0.15, -0.1) is 0 Å². The van der Waals surface area contributed by atoms with E-state index < -0.39 is 0 Å². The predicted molar refractivity (Wildman–Crippen MR) is 83.3 cm³/mol. The van der Waals surface area contributed by atoms with E-state index in [2.05, 4.69) is 22.6 Å². The van der Waals surface area contributed by atoms with Gasteiger partial charge in [-0.05, 0) is 52.8 Å². The third kappa shape index (κ3) is 3.56. The summed E-state index contributed by atoms with van der Waals surface area (Å²) in [5, 5.41) is 0.610. The van der Waals surface area contributed by atoms with Gasteiger partial charge in [-0.25, -0.2) is 0 Å². The number of rotatable bonds is 4. The molecule has 0 fully saturated rings. The predicted octanol–water partition coefficient (Wildman–Crippen LogP) is 4.76. The molecule has 0 saturated carbocycles. The lowest BCUT2D eigenvalue weighted by Gasteiger charge is -2.04. The zero-order valence-corrected chi connectivity index (χ0v) is 12.6. The van der Waals surface area contributed by atoms with E-state index in [0.29, 0.717) is 11.4 Å². The SMILES string of the molecule is O=C(CCc1ccccc1)c1cc(Cl)ccc1I. The zero-order valence-electron chi connectivity index (χ0n) is 9.70. The number of carbonyl (C=O) groups is 1. The van der Waals surface area contributed by atoms with E-state index in [1.165, 1.54) is 5.56 Å². The van der Waals surface area contributed by atoms with Crippen molar-refractivity contribution in [3.05, 3.63) is 68.3 Å². The normalized spacial score (nSPS) is 10.3. The van der Waals surface area contributed by atoms with Crippen molar-refractivity contribution in [1.29, 1.82) is 0 Å². The lowest BCUT2D eigenvalue weighted by molar-refractivity contribution is 0.0982. The van der Waals surface area contributed by atoms with Crippen LogP contribution in [0, 0.1) is 3.57 Å². The van der Waals surface area contributed by atoms with Crippen molar-refractivity contribution in [3.8, 4) is 0 Å². The second-order valence-electron chi connectivity index (χ2n) is 4.03. The molecule has 0 amide bonds. The molecule has 0 aliphatic carbocycles. The van der Waals surface area contributed by atoms with Crippen LogP contribution in [-0.4, -0.2) is 5.78 Å². The summed E-state index contributed by atoms with van der Waals surface area (Å²) < 4.78 is 0.954. The quantitative estimate of drug-likeness (QED) is 0.560. The molecule has 0 aliphatic heterocycles.